The van der Waals surface area contributed by atoms with Crippen LogP contribution >= 0.6 is 31.9 Å². The van der Waals surface area contributed by atoms with E-state index in [0.717, 1.165) is 16.0 Å². The highest BCUT2D eigenvalue weighted by Gasteiger charge is 2.37. The molecule has 0 aliphatic heterocycles. The Morgan fingerprint density at radius 3 is 2.14 bits per heavy atom. The summed E-state index contributed by atoms with van der Waals surface area (Å²) in [5, 5.41) is 0. The van der Waals surface area contributed by atoms with Crippen molar-refractivity contribution in [1.29, 1.82) is 0 Å². The van der Waals surface area contributed by atoms with Crippen molar-refractivity contribution in [2.24, 2.45) is 5.41 Å². The molecular formula is C17H24Br2O2. The monoisotopic (exact) mass is 418 g/mol. The molecule has 0 aromatic heterocycles. The van der Waals surface area contributed by atoms with Crippen molar-refractivity contribution in [3.05, 3.63) is 22.2 Å². The minimum absolute atomic E-state index is 0.319. The van der Waals surface area contributed by atoms with Crippen molar-refractivity contribution >= 4 is 31.9 Å². The molecule has 0 saturated heterocycles. The molecule has 1 aliphatic carbocycles. The number of benzene rings is 1. The summed E-state index contributed by atoms with van der Waals surface area (Å²) in [7, 11) is 0. The van der Waals surface area contributed by atoms with E-state index in [4.69, 9.17) is 9.47 Å². The van der Waals surface area contributed by atoms with Crippen LogP contribution in [0.4, 0.5) is 0 Å². The van der Waals surface area contributed by atoms with Gasteiger partial charge in [0, 0.05) is 9.30 Å². The highest BCUT2D eigenvalue weighted by molar-refractivity contribution is 9.11. The van der Waals surface area contributed by atoms with Crippen LogP contribution in [-0.2, 0) is 0 Å². The minimum atomic E-state index is 0.319. The topological polar surface area (TPSA) is 18.5 Å². The van der Waals surface area contributed by atoms with E-state index in [9.17, 15) is 0 Å². The van der Waals surface area contributed by atoms with E-state index < -0.39 is 0 Å². The molecule has 0 N–H and O–H groups in total. The van der Waals surface area contributed by atoms with Gasteiger partial charge in [-0.05, 0) is 49.8 Å². The Morgan fingerprint density at radius 2 is 1.62 bits per heavy atom. The van der Waals surface area contributed by atoms with Crippen molar-refractivity contribution < 1.29 is 9.47 Å². The van der Waals surface area contributed by atoms with Crippen LogP contribution in [0.3, 0.4) is 0 Å². The Balaban J connectivity index is 2.36. The van der Waals surface area contributed by atoms with Crippen molar-refractivity contribution in [2.75, 3.05) is 13.2 Å². The Bertz CT molecular complexity index is 482. The SMILES string of the molecule is CCOc1cc(Br)c(C(Br)C2(C)CCCC2)cc1OCC. The highest BCUT2D eigenvalue weighted by Crippen LogP contribution is 2.54. The minimum Gasteiger partial charge on any atom is -0.490 e. The van der Waals surface area contributed by atoms with E-state index in [2.05, 4.69) is 44.8 Å². The van der Waals surface area contributed by atoms with E-state index >= 15 is 0 Å². The van der Waals surface area contributed by atoms with Crippen LogP contribution in [0.5, 0.6) is 11.5 Å². The zero-order valence-corrected chi connectivity index (χ0v) is 16.2. The predicted octanol–water partition coefficient (Wildman–Crippen LogP) is 6.26. The Kier molecular flexibility index (Phi) is 6.01. The maximum absolute atomic E-state index is 5.76. The summed E-state index contributed by atoms with van der Waals surface area (Å²) in [5.74, 6) is 1.65. The zero-order valence-electron chi connectivity index (χ0n) is 13.0. The Hall–Kier alpha value is -0.220. The summed E-state index contributed by atoms with van der Waals surface area (Å²) in [5.41, 5.74) is 1.57. The van der Waals surface area contributed by atoms with Gasteiger partial charge in [0.05, 0.1) is 13.2 Å². The maximum Gasteiger partial charge on any atom is 0.162 e. The molecule has 1 aromatic rings. The molecule has 1 fully saturated rings. The fourth-order valence-electron chi connectivity index (χ4n) is 3.09. The number of hydrogen-bond acceptors (Lipinski definition) is 2. The molecule has 0 bridgehead atoms. The second-order valence-corrected chi connectivity index (χ2v) is 7.68. The molecule has 2 rings (SSSR count). The van der Waals surface area contributed by atoms with E-state index in [1.54, 1.807) is 0 Å². The lowest BCUT2D eigenvalue weighted by Crippen LogP contribution is -2.18. The van der Waals surface area contributed by atoms with E-state index in [1.807, 2.05) is 19.9 Å². The van der Waals surface area contributed by atoms with Crippen molar-refractivity contribution in [3.63, 3.8) is 0 Å². The van der Waals surface area contributed by atoms with E-state index in [1.165, 1.54) is 31.2 Å². The molecule has 21 heavy (non-hydrogen) atoms. The lowest BCUT2D eigenvalue weighted by molar-refractivity contribution is 0.285. The van der Waals surface area contributed by atoms with Gasteiger partial charge in [0.1, 0.15) is 0 Å². The van der Waals surface area contributed by atoms with Crippen LogP contribution in [0, 0.1) is 5.41 Å². The first kappa shape index (κ1) is 17.1. The molecule has 0 radical (unpaired) electrons. The quantitative estimate of drug-likeness (QED) is 0.506. The molecule has 1 aliphatic rings. The Morgan fingerprint density at radius 1 is 1.10 bits per heavy atom. The van der Waals surface area contributed by atoms with Gasteiger partial charge in [-0.15, -0.1) is 0 Å². The van der Waals surface area contributed by atoms with Gasteiger partial charge in [0.15, 0.2) is 11.5 Å². The summed E-state index contributed by atoms with van der Waals surface area (Å²) < 4.78 is 12.5. The third-order valence-electron chi connectivity index (χ3n) is 4.29. The van der Waals surface area contributed by atoms with Gasteiger partial charge in [-0.25, -0.2) is 0 Å². The predicted molar refractivity (Wildman–Crippen MR) is 94.7 cm³/mol. The lowest BCUT2D eigenvalue weighted by Gasteiger charge is -2.31. The van der Waals surface area contributed by atoms with E-state index in [-0.39, 0.29) is 0 Å². The first-order valence-corrected chi connectivity index (χ1v) is 9.45. The normalized spacial score (nSPS) is 18.5. The molecule has 0 amide bonds. The molecule has 1 saturated carbocycles. The van der Waals surface area contributed by atoms with Gasteiger partial charge in [-0.1, -0.05) is 51.6 Å². The molecule has 0 heterocycles. The second kappa shape index (κ2) is 7.36. The molecular weight excluding hydrogens is 396 g/mol. The van der Waals surface area contributed by atoms with Crippen molar-refractivity contribution in [2.45, 2.75) is 51.3 Å². The van der Waals surface area contributed by atoms with Gasteiger partial charge in [-0.2, -0.15) is 0 Å². The van der Waals surface area contributed by atoms with E-state index in [0.29, 0.717) is 23.5 Å². The van der Waals surface area contributed by atoms with Gasteiger partial charge in [-0.3, -0.25) is 0 Å². The van der Waals surface area contributed by atoms with Crippen molar-refractivity contribution in [3.8, 4) is 11.5 Å². The largest absolute Gasteiger partial charge is 0.490 e. The van der Waals surface area contributed by atoms with Gasteiger partial charge in [0.25, 0.3) is 0 Å². The lowest BCUT2D eigenvalue weighted by atomic mass is 9.82. The molecule has 2 nitrogen and oxygen atoms in total. The Labute approximate surface area is 144 Å². The second-order valence-electron chi connectivity index (χ2n) is 5.91. The molecule has 1 aromatic carbocycles. The van der Waals surface area contributed by atoms with Crippen LogP contribution < -0.4 is 9.47 Å². The molecule has 4 heteroatoms. The van der Waals surface area contributed by atoms with Gasteiger partial charge < -0.3 is 9.47 Å². The van der Waals surface area contributed by atoms with Gasteiger partial charge in [0.2, 0.25) is 0 Å². The fraction of sp³-hybridized carbons (Fsp3) is 0.647. The highest BCUT2D eigenvalue weighted by atomic mass is 79.9. The summed E-state index contributed by atoms with van der Waals surface area (Å²) in [6.45, 7) is 7.65. The molecule has 1 unspecified atom stereocenters. The van der Waals surface area contributed by atoms with Crippen LogP contribution in [0.25, 0.3) is 0 Å². The standard InChI is InChI=1S/C17H24Br2O2/c1-4-20-14-10-12(13(18)11-15(14)21-5-2)16(19)17(3)8-6-7-9-17/h10-11,16H,4-9H2,1-3H3. The van der Waals surface area contributed by atoms with Crippen LogP contribution in [0.2, 0.25) is 0 Å². The summed E-state index contributed by atoms with van der Waals surface area (Å²) in [6, 6.07) is 4.16. The third kappa shape index (κ3) is 3.76. The third-order valence-corrected chi connectivity index (χ3v) is 6.58. The zero-order chi connectivity index (χ0) is 15.5. The average molecular weight is 420 g/mol. The average Bonchev–Trinajstić information content (AvgIpc) is 2.89. The summed E-state index contributed by atoms with van der Waals surface area (Å²) in [4.78, 5) is 0.330. The number of rotatable bonds is 6. The molecule has 118 valence electrons. The molecule has 1 atom stereocenters. The summed E-state index contributed by atoms with van der Waals surface area (Å²) in [6.07, 6.45) is 5.19. The number of hydrogen-bond donors (Lipinski definition) is 0. The smallest absolute Gasteiger partial charge is 0.162 e. The maximum atomic E-state index is 5.76. The first-order valence-electron chi connectivity index (χ1n) is 7.75. The number of alkyl halides is 1. The van der Waals surface area contributed by atoms with Crippen molar-refractivity contribution in [1.82, 2.24) is 0 Å². The number of halogens is 2. The molecule has 0 spiro atoms. The van der Waals surface area contributed by atoms with Gasteiger partial charge >= 0.3 is 0 Å². The van der Waals surface area contributed by atoms with Crippen LogP contribution in [0.1, 0.15) is 56.8 Å². The van der Waals surface area contributed by atoms with Crippen LogP contribution in [0.15, 0.2) is 16.6 Å². The number of ether oxygens (including phenoxy) is 2. The summed E-state index contributed by atoms with van der Waals surface area (Å²) >= 11 is 7.65. The van der Waals surface area contributed by atoms with Crippen LogP contribution in [-0.4, -0.2) is 13.2 Å². The fourth-order valence-corrected chi connectivity index (χ4v) is 4.79. The first-order chi connectivity index (χ1) is 10.0.